The Kier molecular flexibility index (Phi) is 7.93. The lowest BCUT2D eigenvalue weighted by molar-refractivity contribution is 0.0170. The van der Waals surface area contributed by atoms with Gasteiger partial charge in [0, 0.05) is 56.1 Å². The molecule has 3 aromatic rings. The van der Waals surface area contributed by atoms with Crippen LogP contribution in [-0.4, -0.2) is 63.4 Å². The van der Waals surface area contributed by atoms with Gasteiger partial charge < -0.3 is 9.80 Å². The molecule has 0 spiro atoms. The molecule has 1 aromatic heterocycles. The number of hydrogen-bond donors (Lipinski definition) is 0. The van der Waals surface area contributed by atoms with Gasteiger partial charge in [-0.05, 0) is 64.2 Å². The summed E-state index contributed by atoms with van der Waals surface area (Å²) in [6.07, 6.45) is 5.19. The molecule has 1 amide bonds. The zero-order valence-electron chi connectivity index (χ0n) is 23.0. The molecular weight excluding hydrogens is 496 g/mol. The van der Waals surface area contributed by atoms with Crippen LogP contribution in [0.3, 0.4) is 0 Å². The van der Waals surface area contributed by atoms with Crippen LogP contribution < -0.4 is 4.90 Å². The van der Waals surface area contributed by atoms with E-state index in [1.54, 1.807) is 6.07 Å². The van der Waals surface area contributed by atoms with Gasteiger partial charge in [-0.3, -0.25) is 9.69 Å². The molecule has 3 heterocycles. The number of carbonyl (C=O) groups is 1. The van der Waals surface area contributed by atoms with E-state index in [1.807, 2.05) is 36.9 Å². The van der Waals surface area contributed by atoms with Crippen molar-refractivity contribution in [3.63, 3.8) is 0 Å². The van der Waals surface area contributed by atoms with Gasteiger partial charge in [-0.25, -0.2) is 18.7 Å². The van der Waals surface area contributed by atoms with Crippen molar-refractivity contribution < 1.29 is 13.6 Å². The van der Waals surface area contributed by atoms with Crippen molar-refractivity contribution in [3.05, 3.63) is 89.0 Å². The van der Waals surface area contributed by atoms with Gasteiger partial charge >= 0.3 is 0 Å². The van der Waals surface area contributed by atoms with Crippen molar-refractivity contribution in [3.8, 4) is 0 Å². The van der Waals surface area contributed by atoms with Crippen molar-refractivity contribution in [2.24, 2.45) is 0 Å². The third-order valence-electron chi connectivity index (χ3n) is 8.67. The van der Waals surface area contributed by atoms with Gasteiger partial charge in [-0.2, -0.15) is 0 Å². The lowest BCUT2D eigenvalue weighted by Crippen LogP contribution is -2.58. The highest BCUT2D eigenvalue weighted by atomic mass is 19.2. The summed E-state index contributed by atoms with van der Waals surface area (Å²) in [5, 5.41) is 0. The smallest absolute Gasteiger partial charge is 0.257 e. The number of likely N-dealkylation sites (tertiary alicyclic amines) is 2. The molecule has 0 aliphatic carbocycles. The van der Waals surface area contributed by atoms with E-state index in [1.165, 1.54) is 18.5 Å². The Bertz CT molecular complexity index is 1280. The van der Waals surface area contributed by atoms with E-state index in [2.05, 4.69) is 38.8 Å². The Morgan fingerprint density at radius 3 is 2.21 bits per heavy atom. The summed E-state index contributed by atoms with van der Waals surface area (Å²) >= 11 is 0. The van der Waals surface area contributed by atoms with Gasteiger partial charge in [-0.15, -0.1) is 0 Å². The lowest BCUT2D eigenvalue weighted by Gasteiger charge is -2.50. The topological polar surface area (TPSA) is 52.6 Å². The summed E-state index contributed by atoms with van der Waals surface area (Å²) in [6.45, 7) is 9.95. The van der Waals surface area contributed by atoms with Crippen molar-refractivity contribution in [1.29, 1.82) is 0 Å². The number of amides is 1. The first-order valence-corrected chi connectivity index (χ1v) is 13.8. The van der Waals surface area contributed by atoms with E-state index in [9.17, 15) is 13.6 Å². The maximum atomic E-state index is 14.2. The Balaban J connectivity index is 1.24. The summed E-state index contributed by atoms with van der Waals surface area (Å²) in [4.78, 5) is 28.4. The van der Waals surface area contributed by atoms with E-state index in [0.29, 0.717) is 30.9 Å². The molecule has 2 aliphatic rings. The first-order valence-electron chi connectivity index (χ1n) is 13.8. The average Bonchev–Trinajstić information content (AvgIpc) is 2.94. The van der Waals surface area contributed by atoms with Gasteiger partial charge in [0.1, 0.15) is 6.33 Å². The second kappa shape index (κ2) is 11.4. The predicted molar refractivity (Wildman–Crippen MR) is 149 cm³/mol. The zero-order chi connectivity index (χ0) is 27.6. The summed E-state index contributed by atoms with van der Waals surface area (Å²) < 4.78 is 27.9. The highest BCUT2D eigenvalue weighted by Crippen LogP contribution is 2.34. The Hall–Kier alpha value is -3.39. The summed E-state index contributed by atoms with van der Waals surface area (Å²) in [7, 11) is 0. The van der Waals surface area contributed by atoms with Crippen molar-refractivity contribution in [1.82, 2.24) is 19.8 Å². The monoisotopic (exact) mass is 533 g/mol. The first-order chi connectivity index (χ1) is 18.7. The largest absolute Gasteiger partial charge is 0.364 e. The van der Waals surface area contributed by atoms with Crippen LogP contribution in [0.15, 0.2) is 54.9 Å². The van der Waals surface area contributed by atoms with Crippen LogP contribution in [0.1, 0.15) is 59.9 Å². The quantitative estimate of drug-likeness (QED) is 0.417. The molecule has 2 aromatic carbocycles. The molecule has 8 heteroatoms. The number of carbonyl (C=O) groups excluding carboxylic acids is 1. The fourth-order valence-corrected chi connectivity index (χ4v) is 6.16. The third kappa shape index (κ3) is 5.81. The number of aromatic nitrogens is 2. The maximum Gasteiger partial charge on any atom is 0.257 e. The average molecular weight is 534 g/mol. The minimum Gasteiger partial charge on any atom is -0.364 e. The number of halogens is 2. The fraction of sp³-hybridized carbons (Fsp3) is 0.452. The Morgan fingerprint density at radius 2 is 1.59 bits per heavy atom. The number of rotatable bonds is 6. The van der Waals surface area contributed by atoms with E-state index in [0.717, 1.165) is 55.7 Å². The molecule has 0 atom stereocenters. The van der Waals surface area contributed by atoms with Crippen LogP contribution in [0.25, 0.3) is 0 Å². The van der Waals surface area contributed by atoms with Crippen LogP contribution in [-0.2, 0) is 6.54 Å². The molecule has 2 aliphatic heterocycles. The third-order valence-corrected chi connectivity index (χ3v) is 8.67. The molecule has 39 heavy (non-hydrogen) atoms. The summed E-state index contributed by atoms with van der Waals surface area (Å²) in [5.74, 6) is -1.62. The summed E-state index contributed by atoms with van der Waals surface area (Å²) in [5.41, 5.74) is 3.95. The molecule has 0 radical (unpaired) electrons. The van der Waals surface area contributed by atoms with Crippen LogP contribution in [0.5, 0.6) is 0 Å². The number of benzene rings is 2. The molecule has 5 rings (SSSR count). The van der Waals surface area contributed by atoms with Crippen LogP contribution >= 0.6 is 0 Å². The standard InChI is InChI=1S/C31H37F2N5O/c1-22-29(23(2)35-21-34-22)30(39)36-17-13-31(3,14-18-36)37-15-11-25(12-16-37)38(20-24-7-5-4-6-8-24)26-9-10-27(32)28(33)19-26/h4-10,19,21,25H,11-18,20H2,1-3H3. The van der Waals surface area contributed by atoms with Crippen LogP contribution in [0.2, 0.25) is 0 Å². The maximum absolute atomic E-state index is 14.2. The van der Waals surface area contributed by atoms with Crippen molar-refractivity contribution in [2.45, 2.75) is 64.6 Å². The SMILES string of the molecule is Cc1ncnc(C)c1C(=O)N1CCC(C)(N2CCC(N(Cc3ccccc3)c3ccc(F)c(F)c3)CC2)CC1. The number of aryl methyl sites for hydroxylation is 2. The van der Waals surface area contributed by atoms with E-state index < -0.39 is 11.6 Å². The Labute approximate surface area is 229 Å². The van der Waals surface area contributed by atoms with Gasteiger partial charge in [0.05, 0.1) is 17.0 Å². The Morgan fingerprint density at radius 1 is 0.949 bits per heavy atom. The fourth-order valence-electron chi connectivity index (χ4n) is 6.16. The van der Waals surface area contributed by atoms with Gasteiger partial charge in [0.15, 0.2) is 11.6 Å². The molecule has 0 bridgehead atoms. The lowest BCUT2D eigenvalue weighted by atomic mass is 9.85. The molecule has 206 valence electrons. The molecular formula is C31H37F2N5O. The molecule has 6 nitrogen and oxygen atoms in total. The van der Waals surface area contributed by atoms with Crippen molar-refractivity contribution >= 4 is 11.6 Å². The highest BCUT2D eigenvalue weighted by molar-refractivity contribution is 5.96. The minimum absolute atomic E-state index is 0.0191. The number of hydrogen-bond acceptors (Lipinski definition) is 5. The summed E-state index contributed by atoms with van der Waals surface area (Å²) in [6, 6.07) is 14.6. The highest BCUT2D eigenvalue weighted by Gasteiger charge is 2.39. The van der Waals surface area contributed by atoms with E-state index >= 15 is 0 Å². The number of piperidine rings is 2. The molecule has 0 N–H and O–H groups in total. The second-order valence-corrected chi connectivity index (χ2v) is 11.1. The van der Waals surface area contributed by atoms with Crippen molar-refractivity contribution in [2.75, 3.05) is 31.1 Å². The second-order valence-electron chi connectivity index (χ2n) is 11.1. The van der Waals surface area contributed by atoms with Crippen LogP contribution in [0, 0.1) is 25.5 Å². The number of nitrogens with zero attached hydrogens (tertiary/aromatic N) is 5. The molecule has 0 saturated carbocycles. The first kappa shape index (κ1) is 27.2. The van der Waals surface area contributed by atoms with E-state index in [-0.39, 0.29) is 17.5 Å². The van der Waals surface area contributed by atoms with Crippen LogP contribution in [0.4, 0.5) is 14.5 Å². The number of anilines is 1. The molecule has 2 fully saturated rings. The normalized spacial score (nSPS) is 18.2. The zero-order valence-corrected chi connectivity index (χ0v) is 23.0. The van der Waals surface area contributed by atoms with E-state index in [4.69, 9.17) is 0 Å². The van der Waals surface area contributed by atoms with Gasteiger partial charge in [0.25, 0.3) is 5.91 Å². The predicted octanol–water partition coefficient (Wildman–Crippen LogP) is 5.54. The molecule has 2 saturated heterocycles. The van der Waals surface area contributed by atoms with Gasteiger partial charge in [0.2, 0.25) is 0 Å². The minimum atomic E-state index is -0.823. The molecule has 0 unspecified atom stereocenters. The van der Waals surface area contributed by atoms with Gasteiger partial charge in [-0.1, -0.05) is 30.3 Å².